The summed E-state index contributed by atoms with van der Waals surface area (Å²) >= 11 is 0. The molecular weight excluding hydrogens is 226 g/mol. The van der Waals surface area contributed by atoms with Crippen molar-refractivity contribution in [2.24, 2.45) is 5.73 Å². The Balaban J connectivity index is 1.97. The largest absolute Gasteiger partial charge is 0.330 e. The molecule has 18 heavy (non-hydrogen) atoms. The molecule has 0 bridgehead atoms. The van der Waals surface area contributed by atoms with Gasteiger partial charge in [-0.3, -0.25) is 15.2 Å². The highest BCUT2D eigenvalue weighted by Crippen LogP contribution is 2.46. The number of rotatable bonds is 3. The predicted octanol–water partition coefficient (Wildman–Crippen LogP) is 1.31. The number of nitrogens with zero attached hydrogens (tertiary/aromatic N) is 1. The molecule has 1 aliphatic carbocycles. The predicted molar refractivity (Wildman–Crippen MR) is 71.1 cm³/mol. The van der Waals surface area contributed by atoms with Gasteiger partial charge in [-0.1, -0.05) is 24.6 Å². The molecule has 0 spiro atoms. The number of carbonyl (C=O) groups excluding carboxylic acids is 1. The molecule has 4 nitrogen and oxygen atoms in total. The molecule has 2 aliphatic rings. The van der Waals surface area contributed by atoms with E-state index in [9.17, 15) is 4.79 Å². The fourth-order valence-electron chi connectivity index (χ4n) is 3.00. The van der Waals surface area contributed by atoms with Crippen molar-refractivity contribution in [3.8, 4) is 0 Å². The first-order valence-corrected chi connectivity index (χ1v) is 6.62. The van der Waals surface area contributed by atoms with Crippen molar-refractivity contribution in [1.29, 1.82) is 0 Å². The quantitative estimate of drug-likeness (QED) is 0.844. The van der Waals surface area contributed by atoms with Crippen molar-refractivity contribution < 1.29 is 4.79 Å². The van der Waals surface area contributed by atoms with Crippen LogP contribution in [0.2, 0.25) is 0 Å². The average Bonchev–Trinajstić information content (AvgIpc) is 2.76. The van der Waals surface area contributed by atoms with Gasteiger partial charge < -0.3 is 5.73 Å². The maximum Gasteiger partial charge on any atom is 0.240 e. The van der Waals surface area contributed by atoms with Gasteiger partial charge in [0.2, 0.25) is 5.91 Å². The first-order valence-electron chi connectivity index (χ1n) is 6.62. The van der Waals surface area contributed by atoms with Gasteiger partial charge in [-0.2, -0.15) is 0 Å². The maximum absolute atomic E-state index is 11.4. The Morgan fingerprint density at radius 3 is 2.67 bits per heavy atom. The first kappa shape index (κ1) is 11.5. The number of hydrogen-bond donors (Lipinski definition) is 2. The van der Waals surface area contributed by atoms with Crippen molar-refractivity contribution >= 4 is 11.6 Å². The Morgan fingerprint density at radius 2 is 2.11 bits per heavy atom. The second-order valence-corrected chi connectivity index (χ2v) is 5.29. The van der Waals surface area contributed by atoms with E-state index in [0.29, 0.717) is 13.0 Å². The van der Waals surface area contributed by atoms with Gasteiger partial charge in [0.05, 0.1) is 5.69 Å². The number of benzene rings is 1. The molecule has 3 N–H and O–H groups in total. The SMILES string of the molecule is NCC1(c2ccccc2N2CCC(=O)N2)CCC1. The van der Waals surface area contributed by atoms with Gasteiger partial charge in [0.15, 0.2) is 0 Å². The van der Waals surface area contributed by atoms with Crippen LogP contribution in [0, 0.1) is 0 Å². The lowest BCUT2D eigenvalue weighted by Crippen LogP contribution is -2.44. The summed E-state index contributed by atoms with van der Waals surface area (Å²) in [6.07, 6.45) is 4.13. The maximum atomic E-state index is 11.4. The van der Waals surface area contributed by atoms with Crippen LogP contribution in [0.1, 0.15) is 31.2 Å². The van der Waals surface area contributed by atoms with Crippen molar-refractivity contribution in [2.75, 3.05) is 18.1 Å². The van der Waals surface area contributed by atoms with Crippen LogP contribution in [-0.2, 0) is 10.2 Å². The third-order valence-electron chi connectivity index (χ3n) is 4.29. The van der Waals surface area contributed by atoms with Gasteiger partial charge in [-0.05, 0) is 24.5 Å². The highest BCUT2D eigenvalue weighted by molar-refractivity contribution is 5.82. The molecule has 0 atom stereocenters. The zero-order chi connectivity index (χ0) is 12.6. The normalized spacial score (nSPS) is 21.6. The van der Waals surface area contributed by atoms with Crippen LogP contribution < -0.4 is 16.2 Å². The second-order valence-electron chi connectivity index (χ2n) is 5.29. The number of amides is 1. The van der Waals surface area contributed by atoms with E-state index in [1.807, 2.05) is 11.1 Å². The van der Waals surface area contributed by atoms with E-state index < -0.39 is 0 Å². The summed E-state index contributed by atoms with van der Waals surface area (Å²) in [5.74, 6) is 0.0974. The lowest BCUT2D eigenvalue weighted by molar-refractivity contribution is -0.119. The molecule has 1 aromatic rings. The Hall–Kier alpha value is -1.55. The number of para-hydroxylation sites is 1. The fourth-order valence-corrected chi connectivity index (χ4v) is 3.00. The summed E-state index contributed by atoms with van der Waals surface area (Å²) in [6.45, 7) is 1.43. The molecule has 1 amide bonds. The highest BCUT2D eigenvalue weighted by Gasteiger charge is 2.40. The van der Waals surface area contributed by atoms with Gasteiger partial charge in [-0.25, -0.2) is 0 Å². The van der Waals surface area contributed by atoms with Crippen LogP contribution in [0.4, 0.5) is 5.69 Å². The van der Waals surface area contributed by atoms with Crippen LogP contribution in [0.15, 0.2) is 24.3 Å². The molecule has 1 heterocycles. The number of hydrogen-bond acceptors (Lipinski definition) is 3. The average molecular weight is 245 g/mol. The molecular formula is C14H19N3O. The zero-order valence-electron chi connectivity index (χ0n) is 10.5. The Morgan fingerprint density at radius 1 is 1.33 bits per heavy atom. The molecule has 1 saturated carbocycles. The van der Waals surface area contributed by atoms with Gasteiger partial charge >= 0.3 is 0 Å². The van der Waals surface area contributed by atoms with Crippen LogP contribution in [0.5, 0.6) is 0 Å². The van der Waals surface area contributed by atoms with E-state index in [4.69, 9.17) is 5.73 Å². The molecule has 2 fully saturated rings. The summed E-state index contributed by atoms with van der Waals surface area (Å²) in [5, 5.41) is 1.97. The molecule has 0 radical (unpaired) electrons. The number of carbonyl (C=O) groups is 1. The fraction of sp³-hybridized carbons (Fsp3) is 0.500. The summed E-state index contributed by atoms with van der Waals surface area (Å²) in [4.78, 5) is 11.4. The zero-order valence-corrected chi connectivity index (χ0v) is 10.5. The standard InChI is InChI=1S/C14H19N3O/c15-10-14(7-3-8-14)11-4-1-2-5-12(11)17-9-6-13(18)16-17/h1-2,4-5H,3,6-10,15H2,(H,16,18). The molecule has 1 aromatic carbocycles. The molecule has 3 rings (SSSR count). The van der Waals surface area contributed by atoms with Gasteiger partial charge in [0.25, 0.3) is 0 Å². The van der Waals surface area contributed by atoms with Crippen LogP contribution >= 0.6 is 0 Å². The number of nitrogens with two attached hydrogens (primary N) is 1. The van der Waals surface area contributed by atoms with Crippen molar-refractivity contribution in [3.63, 3.8) is 0 Å². The van der Waals surface area contributed by atoms with Crippen molar-refractivity contribution in [1.82, 2.24) is 5.43 Å². The Bertz CT molecular complexity index is 462. The van der Waals surface area contributed by atoms with Crippen molar-refractivity contribution in [2.45, 2.75) is 31.1 Å². The summed E-state index contributed by atoms with van der Waals surface area (Å²) < 4.78 is 0. The molecule has 0 unspecified atom stereocenters. The number of nitrogens with one attached hydrogen (secondary N) is 1. The molecule has 1 saturated heterocycles. The van der Waals surface area contributed by atoms with E-state index in [1.54, 1.807) is 0 Å². The lowest BCUT2D eigenvalue weighted by Gasteiger charge is -2.43. The Kier molecular flexibility index (Phi) is 2.74. The molecule has 1 aliphatic heterocycles. The van der Waals surface area contributed by atoms with Gasteiger partial charge in [-0.15, -0.1) is 0 Å². The second kappa shape index (κ2) is 4.28. The minimum atomic E-state index is 0.0974. The van der Waals surface area contributed by atoms with E-state index >= 15 is 0 Å². The monoisotopic (exact) mass is 245 g/mol. The third-order valence-corrected chi connectivity index (χ3v) is 4.29. The smallest absolute Gasteiger partial charge is 0.240 e. The summed E-state index contributed by atoms with van der Waals surface area (Å²) in [7, 11) is 0. The van der Waals surface area contributed by atoms with Gasteiger partial charge in [0.1, 0.15) is 0 Å². The minimum Gasteiger partial charge on any atom is -0.330 e. The van der Waals surface area contributed by atoms with Crippen LogP contribution in [0.3, 0.4) is 0 Å². The summed E-state index contributed by atoms with van der Waals surface area (Å²) in [6, 6.07) is 8.32. The minimum absolute atomic E-state index is 0.0974. The van der Waals surface area contributed by atoms with E-state index in [1.165, 1.54) is 12.0 Å². The highest BCUT2D eigenvalue weighted by atomic mass is 16.2. The molecule has 0 aromatic heterocycles. The van der Waals surface area contributed by atoms with Crippen LogP contribution in [0.25, 0.3) is 0 Å². The van der Waals surface area contributed by atoms with Crippen LogP contribution in [-0.4, -0.2) is 19.0 Å². The molecule has 96 valence electrons. The number of anilines is 1. The molecule has 4 heteroatoms. The number of hydrazine groups is 1. The van der Waals surface area contributed by atoms with E-state index in [-0.39, 0.29) is 11.3 Å². The Labute approximate surface area is 107 Å². The third kappa shape index (κ3) is 1.68. The van der Waals surface area contributed by atoms with Gasteiger partial charge in [0, 0.05) is 24.9 Å². The first-order chi connectivity index (χ1) is 8.75. The van der Waals surface area contributed by atoms with Crippen molar-refractivity contribution in [3.05, 3.63) is 29.8 Å². The lowest BCUT2D eigenvalue weighted by atomic mass is 9.64. The summed E-state index contributed by atoms with van der Waals surface area (Å²) in [5.41, 5.74) is 11.4. The van der Waals surface area contributed by atoms with E-state index in [2.05, 4.69) is 23.6 Å². The topological polar surface area (TPSA) is 58.4 Å². The van der Waals surface area contributed by atoms with E-state index in [0.717, 1.165) is 25.1 Å².